The number of benzene rings is 2. The number of nitrogens with one attached hydrogen (secondary N) is 2. The van der Waals surface area contributed by atoms with Crippen molar-refractivity contribution in [1.82, 2.24) is 19.8 Å². The highest BCUT2D eigenvalue weighted by molar-refractivity contribution is 7.21. The van der Waals surface area contributed by atoms with Crippen LogP contribution in [-0.4, -0.2) is 72.8 Å². The second-order valence-electron chi connectivity index (χ2n) is 9.63. The van der Waals surface area contributed by atoms with Crippen molar-refractivity contribution in [2.75, 3.05) is 48.8 Å². The molecular formula is C26H25BFN7O2S. The molecule has 2 N–H and O–H groups in total. The number of anilines is 4. The van der Waals surface area contributed by atoms with Crippen molar-refractivity contribution < 1.29 is 14.0 Å². The number of thiophene rings is 1. The van der Waals surface area contributed by atoms with Gasteiger partial charge < -0.3 is 15.5 Å². The zero-order valence-corrected chi connectivity index (χ0v) is 21.8. The van der Waals surface area contributed by atoms with E-state index in [1.165, 1.54) is 28.9 Å². The first-order chi connectivity index (χ1) is 18.4. The Kier molecular flexibility index (Phi) is 6.30. The molecule has 2 aliphatic rings. The summed E-state index contributed by atoms with van der Waals surface area (Å²) in [5.41, 5.74) is 2.98. The van der Waals surface area contributed by atoms with E-state index in [2.05, 4.69) is 37.4 Å². The molecule has 2 aromatic heterocycles. The summed E-state index contributed by atoms with van der Waals surface area (Å²) < 4.78 is 14.8. The molecule has 0 atom stereocenters. The molecule has 6 rings (SSSR count). The van der Waals surface area contributed by atoms with E-state index < -0.39 is 11.8 Å². The smallest absolute Gasteiger partial charge is 0.321 e. The number of piperazine rings is 1. The number of carbonyl (C=O) groups excluding carboxylic acids is 2. The number of aromatic nitrogens is 2. The molecule has 0 saturated carbocycles. The third-order valence-corrected chi connectivity index (χ3v) is 7.98. The fourth-order valence-corrected chi connectivity index (χ4v) is 5.78. The van der Waals surface area contributed by atoms with Crippen LogP contribution in [0.4, 0.5) is 32.1 Å². The number of nitrogens with zero attached hydrogens (tertiary/aromatic N) is 5. The Morgan fingerprint density at radius 1 is 1.13 bits per heavy atom. The Morgan fingerprint density at radius 3 is 2.63 bits per heavy atom. The third kappa shape index (κ3) is 4.51. The molecule has 3 amide bonds. The summed E-state index contributed by atoms with van der Waals surface area (Å²) in [6.07, 6.45) is 1.32. The number of carbonyl (C=O) groups is 2. The first-order valence-electron chi connectivity index (χ1n) is 12.3. The number of likely N-dealkylation sites (N-methyl/N-ethyl adjacent to an activating group) is 1. The molecule has 0 radical (unpaired) electrons. The van der Waals surface area contributed by atoms with Gasteiger partial charge in [-0.15, -0.1) is 11.3 Å². The molecule has 4 heterocycles. The molecule has 9 nitrogen and oxygen atoms in total. The normalized spacial score (nSPS) is 16.1. The zero-order valence-electron chi connectivity index (χ0n) is 21.0. The lowest BCUT2D eigenvalue weighted by Gasteiger charge is -2.32. The van der Waals surface area contributed by atoms with E-state index in [1.54, 1.807) is 13.9 Å². The molecule has 0 spiro atoms. The van der Waals surface area contributed by atoms with Gasteiger partial charge in [-0.05, 0) is 36.9 Å². The van der Waals surface area contributed by atoms with Gasteiger partial charge in [0.15, 0.2) is 5.82 Å². The summed E-state index contributed by atoms with van der Waals surface area (Å²) in [6.45, 7) is 5.06. The van der Waals surface area contributed by atoms with E-state index in [9.17, 15) is 14.0 Å². The zero-order chi connectivity index (χ0) is 26.4. The highest BCUT2D eigenvalue weighted by Gasteiger charge is 2.35. The molecule has 12 heteroatoms. The van der Waals surface area contributed by atoms with E-state index in [0.29, 0.717) is 26.5 Å². The number of hydrogen-bond acceptors (Lipinski definition) is 7. The summed E-state index contributed by atoms with van der Waals surface area (Å²) in [6, 6.07) is 11.8. The van der Waals surface area contributed by atoms with Crippen molar-refractivity contribution in [3.05, 3.63) is 65.0 Å². The Morgan fingerprint density at radius 2 is 1.89 bits per heavy atom. The monoisotopic (exact) mass is 529 g/mol. The van der Waals surface area contributed by atoms with Crippen LogP contribution in [-0.2, 0) is 6.54 Å². The Hall–Kier alpha value is -3.87. The van der Waals surface area contributed by atoms with Crippen LogP contribution in [0.5, 0.6) is 0 Å². The van der Waals surface area contributed by atoms with Gasteiger partial charge in [0.25, 0.3) is 5.91 Å². The average molecular weight is 529 g/mol. The highest BCUT2D eigenvalue weighted by atomic mass is 32.1. The first-order valence-corrected chi connectivity index (χ1v) is 13.1. The number of rotatable bonds is 5. The van der Waals surface area contributed by atoms with Crippen molar-refractivity contribution in [2.24, 2.45) is 0 Å². The van der Waals surface area contributed by atoms with Crippen LogP contribution in [0.25, 0.3) is 10.2 Å². The second kappa shape index (κ2) is 9.78. The van der Waals surface area contributed by atoms with Crippen LogP contribution in [0.3, 0.4) is 0 Å². The van der Waals surface area contributed by atoms with Gasteiger partial charge in [-0.1, -0.05) is 23.7 Å². The molecule has 38 heavy (non-hydrogen) atoms. The number of hydrogen-bond donors (Lipinski definition) is 2. The van der Waals surface area contributed by atoms with Crippen LogP contribution in [0.1, 0.15) is 15.2 Å². The largest absolute Gasteiger partial charge is 0.332 e. The van der Waals surface area contributed by atoms with E-state index in [-0.39, 0.29) is 17.4 Å². The quantitative estimate of drug-likeness (QED) is 0.387. The van der Waals surface area contributed by atoms with Gasteiger partial charge in [-0.25, -0.2) is 24.1 Å². The van der Waals surface area contributed by atoms with Crippen LogP contribution in [0.2, 0.25) is 0 Å². The maximum atomic E-state index is 14.8. The fourth-order valence-electron chi connectivity index (χ4n) is 4.79. The molecular weight excluding hydrogens is 504 g/mol. The Bertz CT molecular complexity index is 1550. The molecule has 1 fully saturated rings. The molecule has 2 aromatic carbocycles. The topological polar surface area (TPSA) is 93.7 Å². The number of halogens is 1. The summed E-state index contributed by atoms with van der Waals surface area (Å²) in [7, 11) is 3.91. The lowest BCUT2D eigenvalue weighted by Crippen LogP contribution is -2.43. The van der Waals surface area contributed by atoms with Crippen LogP contribution >= 0.6 is 11.3 Å². The molecule has 2 aliphatic heterocycles. The van der Waals surface area contributed by atoms with Crippen molar-refractivity contribution in [1.29, 1.82) is 0 Å². The van der Waals surface area contributed by atoms with Crippen LogP contribution in [0, 0.1) is 5.82 Å². The first kappa shape index (κ1) is 24.5. The Labute approximate surface area is 223 Å². The predicted molar refractivity (Wildman–Crippen MR) is 150 cm³/mol. The van der Waals surface area contributed by atoms with Crippen molar-refractivity contribution >= 4 is 69.7 Å². The summed E-state index contributed by atoms with van der Waals surface area (Å²) in [5.74, 6) is -0.671. The fraction of sp³-hybridized carbons (Fsp3) is 0.231. The number of urea groups is 1. The van der Waals surface area contributed by atoms with Crippen LogP contribution in [0.15, 0.2) is 48.8 Å². The SMILES string of the molecule is Bc1ccc(N2C(=O)Nc3c(C(=O)Nc4ccc(CN5CCN(C)CC5)cc4)sc4ncnc2c34)c(F)c1. The van der Waals surface area contributed by atoms with E-state index in [1.807, 2.05) is 24.3 Å². The minimum atomic E-state index is -0.596. The van der Waals surface area contributed by atoms with Crippen LogP contribution < -0.4 is 21.0 Å². The van der Waals surface area contributed by atoms with E-state index in [0.717, 1.165) is 49.5 Å². The van der Waals surface area contributed by atoms with Crippen molar-refractivity contribution in [3.8, 4) is 0 Å². The van der Waals surface area contributed by atoms with Gasteiger partial charge in [0.1, 0.15) is 29.7 Å². The predicted octanol–water partition coefficient (Wildman–Crippen LogP) is 2.77. The van der Waals surface area contributed by atoms with Gasteiger partial charge in [0.05, 0.1) is 16.8 Å². The van der Waals surface area contributed by atoms with Gasteiger partial charge >= 0.3 is 6.03 Å². The molecule has 0 bridgehead atoms. The van der Waals surface area contributed by atoms with Crippen molar-refractivity contribution in [3.63, 3.8) is 0 Å². The third-order valence-electron chi connectivity index (χ3n) is 6.88. The summed E-state index contributed by atoms with van der Waals surface area (Å²) in [5, 5.41) is 6.20. The highest BCUT2D eigenvalue weighted by Crippen LogP contribution is 2.45. The summed E-state index contributed by atoms with van der Waals surface area (Å²) >= 11 is 1.15. The van der Waals surface area contributed by atoms with Crippen molar-refractivity contribution in [2.45, 2.75) is 6.54 Å². The molecule has 192 valence electrons. The van der Waals surface area contributed by atoms with Gasteiger partial charge in [-0.3, -0.25) is 9.69 Å². The van der Waals surface area contributed by atoms with Gasteiger partial charge in [0.2, 0.25) is 0 Å². The minimum absolute atomic E-state index is 0.0765. The van der Waals surface area contributed by atoms with E-state index in [4.69, 9.17) is 0 Å². The number of amides is 3. The average Bonchev–Trinajstić information content (AvgIpc) is 3.27. The lowest BCUT2D eigenvalue weighted by atomic mass is 9.96. The molecule has 0 unspecified atom stereocenters. The van der Waals surface area contributed by atoms with Gasteiger partial charge in [0, 0.05) is 38.4 Å². The molecule has 4 aromatic rings. The Balaban J connectivity index is 1.25. The maximum Gasteiger partial charge on any atom is 0.332 e. The summed E-state index contributed by atoms with van der Waals surface area (Å²) in [4.78, 5) is 41.8. The second-order valence-corrected chi connectivity index (χ2v) is 10.6. The maximum absolute atomic E-state index is 14.8. The van der Waals surface area contributed by atoms with E-state index >= 15 is 0 Å². The molecule has 1 saturated heterocycles. The minimum Gasteiger partial charge on any atom is -0.321 e. The molecule has 0 aliphatic carbocycles. The van der Waals surface area contributed by atoms with Gasteiger partial charge in [-0.2, -0.15) is 0 Å². The lowest BCUT2D eigenvalue weighted by molar-refractivity contribution is 0.103. The standard InChI is InChI=1S/C26H25BFN7O2S/c1-33-8-10-34(11-9-33)13-15-2-5-17(6-3-15)31-24(36)22-21-20-23(29-14-30-25(20)38-22)35(26(37)32-21)19-7-4-16(27)12-18(19)28/h2-7,12,14H,8-11,13,27H2,1H3,(H,31,36)(H,32,37).